The van der Waals surface area contributed by atoms with Crippen LogP contribution in [-0.2, 0) is 11.3 Å². The van der Waals surface area contributed by atoms with Gasteiger partial charge in [0.2, 0.25) is 0 Å². The Morgan fingerprint density at radius 2 is 1.90 bits per heavy atom. The first-order valence-electron chi connectivity index (χ1n) is 11.0. The average molecular weight is 419 g/mol. The van der Waals surface area contributed by atoms with Crippen LogP contribution in [0.1, 0.15) is 31.9 Å². The minimum Gasteiger partial charge on any atom is -0.481 e. The normalized spacial score (nSPS) is 15.6. The molecule has 0 aliphatic carbocycles. The minimum absolute atomic E-state index is 0.0756. The zero-order valence-electron chi connectivity index (χ0n) is 18.3. The maximum atomic E-state index is 12.8. The van der Waals surface area contributed by atoms with Gasteiger partial charge in [-0.3, -0.25) is 9.78 Å². The third kappa shape index (κ3) is 5.13. The van der Waals surface area contributed by atoms with Crippen LogP contribution >= 0.6 is 0 Å². The SMILES string of the molecule is Cc1cnc(-c2cccnc2)n1CCC1CCN(C(=O)C(C)Oc2ccccc2)CC1. The number of carbonyl (C=O) groups is 1. The number of aromatic nitrogens is 3. The maximum Gasteiger partial charge on any atom is 0.263 e. The highest BCUT2D eigenvalue weighted by atomic mass is 16.5. The van der Waals surface area contributed by atoms with Crippen LogP contribution in [-0.4, -0.2) is 44.5 Å². The Bertz CT molecular complexity index is 979. The van der Waals surface area contributed by atoms with E-state index in [1.54, 1.807) is 6.20 Å². The van der Waals surface area contributed by atoms with Crippen LogP contribution in [0, 0.1) is 12.8 Å². The predicted octanol–water partition coefficient (Wildman–Crippen LogP) is 4.35. The van der Waals surface area contributed by atoms with Gasteiger partial charge in [0.15, 0.2) is 6.10 Å². The van der Waals surface area contributed by atoms with E-state index in [1.165, 1.54) is 5.69 Å². The number of piperidine rings is 1. The van der Waals surface area contributed by atoms with Gasteiger partial charge in [0.25, 0.3) is 5.91 Å². The third-order valence-corrected chi connectivity index (χ3v) is 6.07. The van der Waals surface area contributed by atoms with Crippen LogP contribution in [0.25, 0.3) is 11.4 Å². The molecule has 0 radical (unpaired) electrons. The zero-order chi connectivity index (χ0) is 21.6. The third-order valence-electron chi connectivity index (χ3n) is 6.07. The lowest BCUT2D eigenvalue weighted by atomic mass is 9.93. The number of likely N-dealkylation sites (tertiary alicyclic amines) is 1. The van der Waals surface area contributed by atoms with Crippen molar-refractivity contribution in [3.05, 3.63) is 66.7 Å². The fourth-order valence-electron chi connectivity index (χ4n) is 4.23. The summed E-state index contributed by atoms with van der Waals surface area (Å²) in [4.78, 5) is 23.6. The summed E-state index contributed by atoms with van der Waals surface area (Å²) in [6.07, 6.45) is 8.25. The quantitative estimate of drug-likeness (QED) is 0.572. The Morgan fingerprint density at radius 1 is 1.13 bits per heavy atom. The number of imidazole rings is 1. The molecule has 0 saturated carbocycles. The van der Waals surface area contributed by atoms with E-state index in [4.69, 9.17) is 4.74 Å². The second-order valence-electron chi connectivity index (χ2n) is 8.25. The largest absolute Gasteiger partial charge is 0.481 e. The second-order valence-corrected chi connectivity index (χ2v) is 8.25. The molecule has 162 valence electrons. The highest BCUT2D eigenvalue weighted by Gasteiger charge is 2.27. The Kier molecular flexibility index (Phi) is 6.65. The fraction of sp³-hybridized carbons (Fsp3) is 0.400. The van der Waals surface area contributed by atoms with Crippen molar-refractivity contribution in [1.29, 1.82) is 0 Å². The van der Waals surface area contributed by atoms with E-state index in [2.05, 4.69) is 21.5 Å². The van der Waals surface area contributed by atoms with E-state index in [1.807, 2.05) is 66.7 Å². The summed E-state index contributed by atoms with van der Waals surface area (Å²) in [6, 6.07) is 13.5. The summed E-state index contributed by atoms with van der Waals surface area (Å²) in [7, 11) is 0. The van der Waals surface area contributed by atoms with Gasteiger partial charge < -0.3 is 14.2 Å². The molecule has 2 aromatic heterocycles. The van der Waals surface area contributed by atoms with E-state index in [-0.39, 0.29) is 5.91 Å². The van der Waals surface area contributed by atoms with Crippen molar-refractivity contribution in [1.82, 2.24) is 19.4 Å². The number of nitrogens with zero attached hydrogens (tertiary/aromatic N) is 4. The summed E-state index contributed by atoms with van der Waals surface area (Å²) in [5, 5.41) is 0. The standard InChI is InChI=1S/C25H30N4O2/c1-19-17-27-24(22-7-6-13-26-18-22)29(19)16-12-21-10-14-28(15-11-21)25(30)20(2)31-23-8-4-3-5-9-23/h3-9,13,17-18,20-21H,10-12,14-16H2,1-2H3. The molecular formula is C25H30N4O2. The Hall–Kier alpha value is -3.15. The highest BCUT2D eigenvalue weighted by Crippen LogP contribution is 2.25. The van der Waals surface area contributed by atoms with Crippen LogP contribution < -0.4 is 4.74 Å². The second kappa shape index (κ2) is 9.77. The van der Waals surface area contributed by atoms with Gasteiger partial charge >= 0.3 is 0 Å². The van der Waals surface area contributed by atoms with Crippen LogP contribution in [0.15, 0.2) is 61.1 Å². The van der Waals surface area contributed by atoms with Gasteiger partial charge in [-0.25, -0.2) is 4.98 Å². The van der Waals surface area contributed by atoms with Gasteiger partial charge in [-0.05, 0) is 63.3 Å². The number of pyridine rings is 1. The van der Waals surface area contributed by atoms with Crippen molar-refractivity contribution in [2.75, 3.05) is 13.1 Å². The summed E-state index contributed by atoms with van der Waals surface area (Å²) >= 11 is 0. The molecule has 1 aromatic carbocycles. The molecule has 0 bridgehead atoms. The molecule has 1 unspecified atom stereocenters. The van der Waals surface area contributed by atoms with Gasteiger partial charge in [0.05, 0.1) is 0 Å². The number of rotatable bonds is 7. The first-order chi connectivity index (χ1) is 15.1. The number of para-hydroxylation sites is 1. The Balaban J connectivity index is 1.28. The lowest BCUT2D eigenvalue weighted by Crippen LogP contribution is -2.44. The summed E-state index contributed by atoms with van der Waals surface area (Å²) in [6.45, 7) is 6.46. The lowest BCUT2D eigenvalue weighted by Gasteiger charge is -2.33. The van der Waals surface area contributed by atoms with Crippen molar-refractivity contribution in [3.63, 3.8) is 0 Å². The van der Waals surface area contributed by atoms with Gasteiger partial charge in [-0.2, -0.15) is 0 Å². The number of benzene rings is 1. The Morgan fingerprint density at radius 3 is 2.61 bits per heavy atom. The summed E-state index contributed by atoms with van der Waals surface area (Å²) in [5.74, 6) is 2.40. The van der Waals surface area contributed by atoms with Crippen molar-refractivity contribution in [2.45, 2.75) is 45.8 Å². The molecule has 1 amide bonds. The van der Waals surface area contributed by atoms with Crippen LogP contribution in [0.3, 0.4) is 0 Å². The first kappa shape index (κ1) is 21.1. The van der Waals surface area contributed by atoms with E-state index >= 15 is 0 Å². The number of hydrogen-bond donors (Lipinski definition) is 0. The number of hydrogen-bond acceptors (Lipinski definition) is 4. The first-order valence-corrected chi connectivity index (χ1v) is 11.0. The molecular weight excluding hydrogens is 388 g/mol. The minimum atomic E-state index is -0.463. The molecule has 31 heavy (non-hydrogen) atoms. The molecule has 0 N–H and O–H groups in total. The monoisotopic (exact) mass is 418 g/mol. The van der Waals surface area contributed by atoms with Crippen LogP contribution in [0.2, 0.25) is 0 Å². The molecule has 4 rings (SSSR count). The summed E-state index contributed by atoms with van der Waals surface area (Å²) in [5.41, 5.74) is 2.21. The van der Waals surface area contributed by atoms with E-state index in [9.17, 15) is 4.79 Å². The molecule has 6 nitrogen and oxygen atoms in total. The fourth-order valence-corrected chi connectivity index (χ4v) is 4.23. The molecule has 3 heterocycles. The molecule has 1 atom stereocenters. The molecule has 1 aliphatic rings. The lowest BCUT2D eigenvalue weighted by molar-refractivity contribution is -0.139. The topological polar surface area (TPSA) is 60.2 Å². The Labute approximate surface area is 183 Å². The maximum absolute atomic E-state index is 12.8. The molecule has 1 aliphatic heterocycles. The highest BCUT2D eigenvalue weighted by molar-refractivity contribution is 5.81. The molecule has 1 fully saturated rings. The van der Waals surface area contributed by atoms with Crippen LogP contribution in [0.5, 0.6) is 5.75 Å². The van der Waals surface area contributed by atoms with Crippen LogP contribution in [0.4, 0.5) is 0 Å². The molecule has 6 heteroatoms. The summed E-state index contributed by atoms with van der Waals surface area (Å²) < 4.78 is 8.10. The van der Waals surface area contributed by atoms with Crippen molar-refractivity contribution < 1.29 is 9.53 Å². The van der Waals surface area contributed by atoms with Crippen molar-refractivity contribution in [3.8, 4) is 17.1 Å². The van der Waals surface area contributed by atoms with Crippen molar-refractivity contribution in [2.24, 2.45) is 5.92 Å². The predicted molar refractivity (Wildman–Crippen MR) is 121 cm³/mol. The van der Waals surface area contributed by atoms with Crippen molar-refractivity contribution >= 4 is 5.91 Å². The van der Waals surface area contributed by atoms with E-state index in [0.29, 0.717) is 5.92 Å². The number of aryl methyl sites for hydroxylation is 1. The average Bonchev–Trinajstić information content (AvgIpc) is 3.19. The number of ether oxygens (including phenoxy) is 1. The van der Waals surface area contributed by atoms with Gasteiger partial charge in [0, 0.05) is 49.5 Å². The number of carbonyl (C=O) groups excluding carboxylic acids is 1. The smallest absolute Gasteiger partial charge is 0.263 e. The molecule has 0 spiro atoms. The molecule has 3 aromatic rings. The molecule has 1 saturated heterocycles. The van der Waals surface area contributed by atoms with Gasteiger partial charge in [0.1, 0.15) is 11.6 Å². The van der Waals surface area contributed by atoms with E-state index in [0.717, 1.165) is 56.0 Å². The van der Waals surface area contributed by atoms with Gasteiger partial charge in [-0.15, -0.1) is 0 Å². The zero-order valence-corrected chi connectivity index (χ0v) is 18.3. The van der Waals surface area contributed by atoms with Gasteiger partial charge in [-0.1, -0.05) is 18.2 Å². The van der Waals surface area contributed by atoms with E-state index < -0.39 is 6.10 Å². The number of amides is 1.